The van der Waals surface area contributed by atoms with Gasteiger partial charge in [0.1, 0.15) is 0 Å². The summed E-state index contributed by atoms with van der Waals surface area (Å²) in [6.45, 7) is 2.54. The SMILES string of the molecule is CCOC(=O)NCc1csc(NC)n1. The summed E-state index contributed by atoms with van der Waals surface area (Å²) in [7, 11) is 1.81. The lowest BCUT2D eigenvalue weighted by Gasteiger charge is -2.02. The Morgan fingerprint density at radius 2 is 2.50 bits per heavy atom. The van der Waals surface area contributed by atoms with E-state index in [-0.39, 0.29) is 0 Å². The molecule has 1 amide bonds. The Morgan fingerprint density at radius 1 is 1.71 bits per heavy atom. The van der Waals surface area contributed by atoms with E-state index in [0.29, 0.717) is 13.2 Å². The second-order valence-electron chi connectivity index (χ2n) is 2.47. The first-order valence-corrected chi connectivity index (χ1v) is 5.17. The maximum atomic E-state index is 10.9. The lowest BCUT2D eigenvalue weighted by atomic mass is 10.5. The van der Waals surface area contributed by atoms with Crippen LogP contribution in [0.5, 0.6) is 0 Å². The molecule has 0 fully saturated rings. The van der Waals surface area contributed by atoms with Gasteiger partial charge in [-0.1, -0.05) is 0 Å². The first-order chi connectivity index (χ1) is 6.76. The largest absolute Gasteiger partial charge is 0.450 e. The van der Waals surface area contributed by atoms with Gasteiger partial charge < -0.3 is 15.4 Å². The third-order valence-corrected chi connectivity index (χ3v) is 2.36. The standard InChI is InChI=1S/C8H13N3O2S/c1-3-13-8(12)10-4-6-5-14-7(9-2)11-6/h5H,3-4H2,1-2H3,(H,9,11)(H,10,12). The highest BCUT2D eigenvalue weighted by Crippen LogP contribution is 2.13. The normalized spacial score (nSPS) is 9.57. The van der Waals surface area contributed by atoms with Gasteiger partial charge in [0.05, 0.1) is 18.8 Å². The molecule has 6 heteroatoms. The van der Waals surface area contributed by atoms with Gasteiger partial charge in [-0.25, -0.2) is 9.78 Å². The lowest BCUT2D eigenvalue weighted by molar-refractivity contribution is 0.151. The van der Waals surface area contributed by atoms with E-state index in [1.807, 2.05) is 5.38 Å². The van der Waals surface area contributed by atoms with Crippen molar-refractivity contribution in [2.24, 2.45) is 0 Å². The zero-order chi connectivity index (χ0) is 10.4. The van der Waals surface area contributed by atoms with Crippen LogP contribution in [0.2, 0.25) is 0 Å². The molecule has 1 aromatic rings. The Balaban J connectivity index is 2.34. The lowest BCUT2D eigenvalue weighted by Crippen LogP contribution is -2.23. The van der Waals surface area contributed by atoms with Crippen LogP contribution in [0.25, 0.3) is 0 Å². The van der Waals surface area contributed by atoms with E-state index >= 15 is 0 Å². The predicted octanol–water partition coefficient (Wildman–Crippen LogP) is 1.43. The summed E-state index contributed by atoms with van der Waals surface area (Å²) in [6, 6.07) is 0. The summed E-state index contributed by atoms with van der Waals surface area (Å²) in [6.07, 6.45) is -0.411. The fraction of sp³-hybridized carbons (Fsp3) is 0.500. The smallest absolute Gasteiger partial charge is 0.407 e. The summed E-state index contributed by atoms with van der Waals surface area (Å²) in [4.78, 5) is 15.1. The van der Waals surface area contributed by atoms with Crippen LogP contribution in [-0.4, -0.2) is 24.7 Å². The van der Waals surface area contributed by atoms with Crippen LogP contribution >= 0.6 is 11.3 Å². The van der Waals surface area contributed by atoms with Crippen LogP contribution in [-0.2, 0) is 11.3 Å². The number of ether oxygens (including phenoxy) is 1. The first kappa shape index (κ1) is 10.8. The quantitative estimate of drug-likeness (QED) is 0.797. The van der Waals surface area contributed by atoms with Gasteiger partial charge in [-0.3, -0.25) is 0 Å². The van der Waals surface area contributed by atoms with E-state index in [1.54, 1.807) is 14.0 Å². The van der Waals surface area contributed by atoms with E-state index in [9.17, 15) is 4.79 Å². The molecule has 0 saturated heterocycles. The van der Waals surface area contributed by atoms with E-state index in [0.717, 1.165) is 10.8 Å². The van der Waals surface area contributed by atoms with Crippen LogP contribution in [0, 0.1) is 0 Å². The number of rotatable bonds is 4. The number of hydrogen-bond donors (Lipinski definition) is 2. The van der Waals surface area contributed by atoms with Crippen LogP contribution in [0.4, 0.5) is 9.93 Å². The molecule has 0 radical (unpaired) electrons. The molecule has 0 unspecified atom stereocenters. The molecule has 1 aromatic heterocycles. The molecule has 2 N–H and O–H groups in total. The number of aromatic nitrogens is 1. The summed E-state index contributed by atoms with van der Waals surface area (Å²) in [5.41, 5.74) is 0.826. The number of carbonyl (C=O) groups is 1. The maximum Gasteiger partial charge on any atom is 0.407 e. The van der Waals surface area contributed by atoms with Crippen molar-refractivity contribution in [1.29, 1.82) is 0 Å². The molecule has 1 rings (SSSR count). The summed E-state index contributed by atoms with van der Waals surface area (Å²) >= 11 is 1.50. The van der Waals surface area contributed by atoms with E-state index in [1.165, 1.54) is 11.3 Å². The molecule has 0 aliphatic heterocycles. The summed E-state index contributed by atoms with van der Waals surface area (Å²) in [5, 5.41) is 8.24. The van der Waals surface area contributed by atoms with E-state index < -0.39 is 6.09 Å². The minimum Gasteiger partial charge on any atom is -0.450 e. The number of hydrogen-bond acceptors (Lipinski definition) is 5. The van der Waals surface area contributed by atoms with Crippen LogP contribution in [0.3, 0.4) is 0 Å². The fourth-order valence-electron chi connectivity index (χ4n) is 0.848. The van der Waals surface area contributed by atoms with Gasteiger partial charge in [-0.2, -0.15) is 0 Å². The third-order valence-electron chi connectivity index (χ3n) is 1.45. The van der Waals surface area contributed by atoms with Gasteiger partial charge in [0.2, 0.25) is 0 Å². The molecule has 0 aromatic carbocycles. The number of thiazole rings is 1. The molecule has 0 aliphatic rings. The molecular weight excluding hydrogens is 202 g/mol. The topological polar surface area (TPSA) is 63.2 Å². The van der Waals surface area contributed by atoms with Crippen LogP contribution < -0.4 is 10.6 Å². The maximum absolute atomic E-state index is 10.9. The van der Waals surface area contributed by atoms with E-state index in [2.05, 4.69) is 15.6 Å². The average molecular weight is 215 g/mol. The highest BCUT2D eigenvalue weighted by molar-refractivity contribution is 7.13. The number of nitrogens with zero attached hydrogens (tertiary/aromatic N) is 1. The van der Waals surface area contributed by atoms with Crippen LogP contribution in [0.15, 0.2) is 5.38 Å². The monoisotopic (exact) mass is 215 g/mol. The zero-order valence-corrected chi connectivity index (χ0v) is 8.98. The van der Waals surface area contributed by atoms with Crippen molar-refractivity contribution in [3.63, 3.8) is 0 Å². The number of anilines is 1. The molecule has 0 aliphatic carbocycles. The Bertz CT molecular complexity index is 301. The highest BCUT2D eigenvalue weighted by Gasteiger charge is 2.03. The third kappa shape index (κ3) is 3.21. The molecule has 14 heavy (non-hydrogen) atoms. The fourth-order valence-corrected chi connectivity index (χ4v) is 1.52. The molecular formula is C8H13N3O2S. The van der Waals surface area contributed by atoms with Crippen molar-refractivity contribution in [1.82, 2.24) is 10.3 Å². The van der Waals surface area contributed by atoms with Gasteiger partial charge in [-0.05, 0) is 6.92 Å². The van der Waals surface area contributed by atoms with Gasteiger partial charge in [0, 0.05) is 12.4 Å². The minimum atomic E-state index is -0.411. The van der Waals surface area contributed by atoms with Gasteiger partial charge >= 0.3 is 6.09 Å². The summed E-state index contributed by atoms with van der Waals surface area (Å²) in [5.74, 6) is 0. The van der Waals surface area contributed by atoms with Crippen molar-refractivity contribution < 1.29 is 9.53 Å². The highest BCUT2D eigenvalue weighted by atomic mass is 32.1. The van der Waals surface area contributed by atoms with Crippen molar-refractivity contribution in [2.75, 3.05) is 19.0 Å². The zero-order valence-electron chi connectivity index (χ0n) is 8.16. The Hall–Kier alpha value is -1.30. The molecule has 0 bridgehead atoms. The molecule has 5 nitrogen and oxygen atoms in total. The first-order valence-electron chi connectivity index (χ1n) is 4.29. The number of nitrogens with one attached hydrogen (secondary N) is 2. The number of carbonyl (C=O) groups excluding carboxylic acids is 1. The average Bonchev–Trinajstić information content (AvgIpc) is 2.63. The van der Waals surface area contributed by atoms with Crippen molar-refractivity contribution >= 4 is 22.6 Å². The van der Waals surface area contributed by atoms with Gasteiger partial charge in [0.25, 0.3) is 0 Å². The van der Waals surface area contributed by atoms with Crippen molar-refractivity contribution in [2.45, 2.75) is 13.5 Å². The van der Waals surface area contributed by atoms with Crippen molar-refractivity contribution in [3.8, 4) is 0 Å². The second-order valence-corrected chi connectivity index (χ2v) is 3.33. The molecule has 0 spiro atoms. The minimum absolute atomic E-state index is 0.380. The molecule has 78 valence electrons. The van der Waals surface area contributed by atoms with Crippen LogP contribution in [0.1, 0.15) is 12.6 Å². The van der Waals surface area contributed by atoms with E-state index in [4.69, 9.17) is 4.74 Å². The number of alkyl carbamates (subject to hydrolysis) is 1. The Morgan fingerprint density at radius 3 is 3.07 bits per heavy atom. The predicted molar refractivity (Wildman–Crippen MR) is 55.5 cm³/mol. The van der Waals surface area contributed by atoms with Gasteiger partial charge in [-0.15, -0.1) is 11.3 Å². The second kappa shape index (κ2) is 5.43. The molecule has 0 saturated carbocycles. The Kier molecular flexibility index (Phi) is 4.18. The molecule has 0 atom stereocenters. The van der Waals surface area contributed by atoms with Gasteiger partial charge in [0.15, 0.2) is 5.13 Å². The Labute approximate surface area is 86.5 Å². The molecule has 1 heterocycles. The summed E-state index contributed by atoms with van der Waals surface area (Å²) < 4.78 is 4.71. The van der Waals surface area contributed by atoms with Crippen molar-refractivity contribution in [3.05, 3.63) is 11.1 Å². The number of amides is 1.